The minimum absolute atomic E-state index is 0.0364. The second kappa shape index (κ2) is 6.49. The Morgan fingerprint density at radius 2 is 2.15 bits per heavy atom. The number of benzene rings is 1. The van der Waals surface area contributed by atoms with E-state index in [9.17, 15) is 4.79 Å². The van der Waals surface area contributed by atoms with Gasteiger partial charge in [-0.3, -0.25) is 4.79 Å². The maximum absolute atomic E-state index is 11.9. The molecule has 1 aromatic rings. The largest absolute Gasteiger partial charge is 0.371 e. The van der Waals surface area contributed by atoms with Crippen molar-refractivity contribution >= 4 is 23.2 Å². The van der Waals surface area contributed by atoms with Crippen LogP contribution in [0.4, 0.5) is 5.69 Å². The van der Waals surface area contributed by atoms with Crippen LogP contribution in [-0.4, -0.2) is 31.4 Å². The van der Waals surface area contributed by atoms with Crippen LogP contribution in [0.1, 0.15) is 25.8 Å². The first-order chi connectivity index (χ1) is 9.54. The lowest BCUT2D eigenvalue weighted by Gasteiger charge is -2.22. The van der Waals surface area contributed by atoms with E-state index in [1.54, 1.807) is 0 Å². The number of anilines is 1. The topological polar surface area (TPSA) is 32.3 Å². The highest BCUT2D eigenvalue weighted by atomic mass is 35.5. The number of alkyl halides is 1. The molecule has 1 aliphatic heterocycles. The number of nitrogens with one attached hydrogen (secondary N) is 1. The number of nitrogens with zero attached hydrogens (tertiary/aromatic N) is 1. The highest BCUT2D eigenvalue weighted by Gasteiger charge is 2.26. The molecule has 1 N–H and O–H groups in total. The van der Waals surface area contributed by atoms with Gasteiger partial charge in [-0.25, -0.2) is 0 Å². The van der Waals surface area contributed by atoms with Gasteiger partial charge in [0.05, 0.1) is 5.41 Å². The molecule has 0 fully saturated rings. The van der Waals surface area contributed by atoms with Crippen molar-refractivity contribution in [3.8, 4) is 0 Å². The molecule has 1 aliphatic rings. The molecule has 110 valence electrons. The van der Waals surface area contributed by atoms with Crippen molar-refractivity contribution in [1.82, 2.24) is 5.32 Å². The van der Waals surface area contributed by atoms with E-state index in [1.807, 2.05) is 13.8 Å². The van der Waals surface area contributed by atoms with Crippen LogP contribution in [-0.2, 0) is 11.2 Å². The Hall–Kier alpha value is -1.22. The first-order valence-electron chi connectivity index (χ1n) is 7.22. The standard InChI is InChI=1S/C16H23ClN2O/c1-16(2,12-17)15(20)18-9-5-10-19-11-8-13-6-3-4-7-14(13)19/h3-4,6-7H,5,8-12H2,1-2H3,(H,18,20). The number of halogens is 1. The quantitative estimate of drug-likeness (QED) is 0.646. The van der Waals surface area contributed by atoms with E-state index in [-0.39, 0.29) is 5.91 Å². The zero-order valence-electron chi connectivity index (χ0n) is 12.3. The van der Waals surface area contributed by atoms with Gasteiger partial charge in [-0.1, -0.05) is 18.2 Å². The number of para-hydroxylation sites is 1. The van der Waals surface area contributed by atoms with E-state index in [0.29, 0.717) is 12.4 Å². The maximum Gasteiger partial charge on any atom is 0.226 e. The van der Waals surface area contributed by atoms with Gasteiger partial charge < -0.3 is 10.2 Å². The Kier molecular flexibility index (Phi) is 4.92. The zero-order valence-corrected chi connectivity index (χ0v) is 13.0. The molecular formula is C16H23ClN2O. The normalized spacial score (nSPS) is 14.2. The molecule has 20 heavy (non-hydrogen) atoms. The van der Waals surface area contributed by atoms with E-state index in [2.05, 4.69) is 34.5 Å². The van der Waals surface area contributed by atoms with E-state index in [4.69, 9.17) is 11.6 Å². The van der Waals surface area contributed by atoms with Crippen molar-refractivity contribution < 1.29 is 4.79 Å². The Labute approximate surface area is 126 Å². The van der Waals surface area contributed by atoms with Gasteiger partial charge in [-0.15, -0.1) is 11.6 Å². The van der Waals surface area contributed by atoms with Crippen molar-refractivity contribution in [3.63, 3.8) is 0 Å². The van der Waals surface area contributed by atoms with Crippen LogP contribution >= 0.6 is 11.6 Å². The van der Waals surface area contributed by atoms with Crippen LogP contribution in [0, 0.1) is 5.41 Å². The number of hydrogen-bond acceptors (Lipinski definition) is 2. The van der Waals surface area contributed by atoms with E-state index >= 15 is 0 Å². The summed E-state index contributed by atoms with van der Waals surface area (Å²) in [4.78, 5) is 14.3. The van der Waals surface area contributed by atoms with Crippen LogP contribution in [0.2, 0.25) is 0 Å². The molecule has 0 aliphatic carbocycles. The summed E-state index contributed by atoms with van der Waals surface area (Å²) in [7, 11) is 0. The fourth-order valence-corrected chi connectivity index (χ4v) is 2.53. The number of fused-ring (bicyclic) bond motifs is 1. The predicted octanol–water partition coefficient (Wildman–Crippen LogP) is 2.82. The van der Waals surface area contributed by atoms with Crippen LogP contribution < -0.4 is 10.2 Å². The van der Waals surface area contributed by atoms with E-state index in [1.165, 1.54) is 11.3 Å². The van der Waals surface area contributed by atoms with Crippen LogP contribution in [0.3, 0.4) is 0 Å². The number of carbonyl (C=O) groups is 1. The molecule has 3 nitrogen and oxygen atoms in total. The number of amides is 1. The Morgan fingerprint density at radius 1 is 1.40 bits per heavy atom. The molecule has 0 spiro atoms. The van der Waals surface area contributed by atoms with Crippen molar-refractivity contribution in [2.24, 2.45) is 5.41 Å². The summed E-state index contributed by atoms with van der Waals surface area (Å²) in [6.07, 6.45) is 2.08. The predicted molar refractivity (Wildman–Crippen MR) is 84.5 cm³/mol. The van der Waals surface area contributed by atoms with E-state index < -0.39 is 5.41 Å². The lowest BCUT2D eigenvalue weighted by atomic mass is 9.95. The molecule has 0 unspecified atom stereocenters. The SMILES string of the molecule is CC(C)(CCl)C(=O)NCCCN1CCc2ccccc21. The summed E-state index contributed by atoms with van der Waals surface area (Å²) in [6.45, 7) is 6.51. The minimum atomic E-state index is -0.484. The fraction of sp³-hybridized carbons (Fsp3) is 0.562. The monoisotopic (exact) mass is 294 g/mol. The molecule has 0 bridgehead atoms. The summed E-state index contributed by atoms with van der Waals surface area (Å²) in [6, 6.07) is 8.55. The summed E-state index contributed by atoms with van der Waals surface area (Å²) >= 11 is 5.79. The van der Waals surface area contributed by atoms with Gasteiger partial charge in [-0.05, 0) is 38.3 Å². The molecule has 1 heterocycles. The highest BCUT2D eigenvalue weighted by molar-refractivity contribution is 6.19. The summed E-state index contributed by atoms with van der Waals surface area (Å²) in [5, 5.41) is 2.97. The van der Waals surface area contributed by atoms with Crippen LogP contribution in [0.5, 0.6) is 0 Å². The third-order valence-electron chi connectivity index (χ3n) is 3.82. The van der Waals surface area contributed by atoms with Gasteiger partial charge >= 0.3 is 0 Å². The summed E-state index contributed by atoms with van der Waals surface area (Å²) in [5.74, 6) is 0.382. The fourth-order valence-electron chi connectivity index (χ4n) is 2.41. The molecule has 4 heteroatoms. The number of hydrogen-bond donors (Lipinski definition) is 1. The summed E-state index contributed by atoms with van der Waals surface area (Å²) in [5.41, 5.74) is 2.29. The van der Waals surface area contributed by atoms with E-state index in [0.717, 1.165) is 25.9 Å². The van der Waals surface area contributed by atoms with Gasteiger partial charge in [0.15, 0.2) is 0 Å². The van der Waals surface area contributed by atoms with Gasteiger partial charge in [0.2, 0.25) is 5.91 Å². The lowest BCUT2D eigenvalue weighted by molar-refractivity contribution is -0.128. The zero-order chi connectivity index (χ0) is 14.6. The van der Waals surface area contributed by atoms with Gasteiger partial charge in [-0.2, -0.15) is 0 Å². The molecule has 2 rings (SSSR count). The van der Waals surface area contributed by atoms with Crippen molar-refractivity contribution in [2.45, 2.75) is 26.7 Å². The second-order valence-electron chi connectivity index (χ2n) is 5.99. The second-order valence-corrected chi connectivity index (χ2v) is 6.26. The van der Waals surface area contributed by atoms with Crippen LogP contribution in [0.15, 0.2) is 24.3 Å². The van der Waals surface area contributed by atoms with Crippen LogP contribution in [0.25, 0.3) is 0 Å². The van der Waals surface area contributed by atoms with Crippen molar-refractivity contribution in [1.29, 1.82) is 0 Å². The Morgan fingerprint density at radius 3 is 2.90 bits per heavy atom. The highest BCUT2D eigenvalue weighted by Crippen LogP contribution is 2.27. The molecule has 0 aromatic heterocycles. The third kappa shape index (κ3) is 3.45. The van der Waals surface area contributed by atoms with Crippen molar-refractivity contribution in [3.05, 3.63) is 29.8 Å². The first-order valence-corrected chi connectivity index (χ1v) is 7.75. The average molecular weight is 295 g/mol. The number of rotatable bonds is 6. The molecule has 0 saturated carbocycles. The van der Waals surface area contributed by atoms with Gasteiger partial charge in [0, 0.05) is 31.2 Å². The smallest absolute Gasteiger partial charge is 0.226 e. The average Bonchev–Trinajstić information content (AvgIpc) is 2.86. The summed E-state index contributed by atoms with van der Waals surface area (Å²) < 4.78 is 0. The first kappa shape index (κ1) is 15.2. The van der Waals surface area contributed by atoms with Crippen molar-refractivity contribution in [2.75, 3.05) is 30.4 Å². The van der Waals surface area contributed by atoms with Gasteiger partial charge in [0.25, 0.3) is 0 Å². The molecule has 1 amide bonds. The Balaban J connectivity index is 1.74. The third-order valence-corrected chi connectivity index (χ3v) is 4.49. The Bertz CT molecular complexity index is 473. The minimum Gasteiger partial charge on any atom is -0.371 e. The molecule has 0 radical (unpaired) electrons. The number of carbonyl (C=O) groups excluding carboxylic acids is 1. The molecule has 1 aromatic carbocycles. The molecular weight excluding hydrogens is 272 g/mol. The lowest BCUT2D eigenvalue weighted by Crippen LogP contribution is -2.39. The molecule has 0 atom stereocenters. The maximum atomic E-state index is 11.9. The van der Waals surface area contributed by atoms with Gasteiger partial charge in [0.1, 0.15) is 0 Å². The molecule has 0 saturated heterocycles.